The summed E-state index contributed by atoms with van der Waals surface area (Å²) in [6, 6.07) is 1.05. The molecule has 2 atom stereocenters. The molecule has 2 unspecified atom stereocenters. The van der Waals surface area contributed by atoms with Crippen molar-refractivity contribution in [2.75, 3.05) is 17.4 Å². The van der Waals surface area contributed by atoms with Gasteiger partial charge in [-0.25, -0.2) is 19.6 Å². The number of nitrogens with two attached hydrogens (primary N) is 1. The maximum Gasteiger partial charge on any atom is 0.178 e. The average Bonchev–Trinajstić information content (AvgIpc) is 2.39. The fraction of sp³-hybridized carbons (Fsp3) is 0.615. The number of nitrogen functional groups attached to an aromatic ring is 1. The summed E-state index contributed by atoms with van der Waals surface area (Å²) in [4.78, 5) is 5.74. The zero-order valence-corrected chi connectivity index (χ0v) is 11.3. The van der Waals surface area contributed by atoms with Crippen LogP contribution in [0.15, 0.2) is 6.07 Å². The van der Waals surface area contributed by atoms with E-state index in [1.807, 2.05) is 0 Å². The first kappa shape index (κ1) is 14.0. The number of hydrazine groups is 1. The second-order valence-corrected chi connectivity index (χ2v) is 5.21. The van der Waals surface area contributed by atoms with E-state index in [0.29, 0.717) is 5.92 Å². The van der Waals surface area contributed by atoms with Crippen molar-refractivity contribution in [3.05, 3.63) is 17.7 Å². The van der Waals surface area contributed by atoms with Gasteiger partial charge in [-0.15, -0.1) is 0 Å². The molecule has 0 aliphatic heterocycles. The number of hydrogen-bond donors (Lipinski definition) is 2. The molecule has 1 fully saturated rings. The average molecular weight is 270 g/mol. The van der Waals surface area contributed by atoms with Gasteiger partial charge in [-0.1, -0.05) is 19.8 Å². The van der Waals surface area contributed by atoms with E-state index in [2.05, 4.69) is 17.3 Å². The van der Waals surface area contributed by atoms with Crippen LogP contribution in [0.25, 0.3) is 0 Å². The van der Waals surface area contributed by atoms with Crippen LogP contribution < -0.4 is 16.2 Å². The fourth-order valence-electron chi connectivity index (χ4n) is 2.83. The number of anilines is 2. The van der Waals surface area contributed by atoms with E-state index in [9.17, 15) is 8.78 Å². The highest BCUT2D eigenvalue weighted by molar-refractivity contribution is 5.49. The topological polar surface area (TPSA) is 54.2 Å². The van der Waals surface area contributed by atoms with Crippen LogP contribution >= 0.6 is 0 Å². The van der Waals surface area contributed by atoms with E-state index in [4.69, 9.17) is 5.84 Å². The highest BCUT2D eigenvalue weighted by atomic mass is 19.1. The molecule has 0 amide bonds. The van der Waals surface area contributed by atoms with Crippen LogP contribution in [0.1, 0.15) is 32.6 Å². The van der Waals surface area contributed by atoms with Gasteiger partial charge in [0.15, 0.2) is 23.3 Å². The summed E-state index contributed by atoms with van der Waals surface area (Å²) < 4.78 is 27.2. The normalized spacial score (nSPS) is 23.2. The Hall–Kier alpha value is -1.43. The van der Waals surface area contributed by atoms with Gasteiger partial charge in [0.1, 0.15) is 0 Å². The molecular formula is C13H20F2N4. The molecule has 0 aromatic carbocycles. The smallest absolute Gasteiger partial charge is 0.178 e. The zero-order chi connectivity index (χ0) is 14.0. The second kappa shape index (κ2) is 5.69. The predicted molar refractivity (Wildman–Crippen MR) is 71.8 cm³/mol. The maximum atomic E-state index is 13.9. The van der Waals surface area contributed by atoms with E-state index in [1.165, 1.54) is 6.42 Å². The third kappa shape index (κ3) is 2.78. The molecule has 3 N–H and O–H groups in total. The van der Waals surface area contributed by atoms with Gasteiger partial charge in [-0.05, 0) is 18.8 Å². The summed E-state index contributed by atoms with van der Waals surface area (Å²) in [7, 11) is 1.80. The number of halogens is 2. The molecule has 1 aliphatic rings. The predicted octanol–water partition coefficient (Wildman–Crippen LogP) is 2.66. The third-order valence-corrected chi connectivity index (χ3v) is 3.95. The fourth-order valence-corrected chi connectivity index (χ4v) is 2.83. The van der Waals surface area contributed by atoms with Gasteiger partial charge in [0.05, 0.1) is 0 Å². The molecule has 1 heterocycles. The van der Waals surface area contributed by atoms with Gasteiger partial charge in [0, 0.05) is 19.2 Å². The zero-order valence-electron chi connectivity index (χ0n) is 11.3. The standard InChI is InChI=1S/C13H20F2N4/c1-8-5-3-4-6-11(8)19(2)13-10(15)7-9(14)12(17-13)18-16/h7-8,11H,3-6,16H2,1-2H3,(H,17,18). The molecule has 1 aliphatic carbocycles. The van der Waals surface area contributed by atoms with Gasteiger partial charge in [-0.3, -0.25) is 0 Å². The molecule has 0 bridgehead atoms. The highest BCUT2D eigenvalue weighted by Gasteiger charge is 2.28. The van der Waals surface area contributed by atoms with E-state index in [1.54, 1.807) is 11.9 Å². The van der Waals surface area contributed by atoms with Crippen LogP contribution in [-0.4, -0.2) is 18.1 Å². The summed E-state index contributed by atoms with van der Waals surface area (Å²) in [6.07, 6.45) is 4.46. The summed E-state index contributed by atoms with van der Waals surface area (Å²) >= 11 is 0. The highest BCUT2D eigenvalue weighted by Crippen LogP contribution is 2.31. The van der Waals surface area contributed by atoms with E-state index in [0.717, 1.165) is 25.3 Å². The van der Waals surface area contributed by atoms with Crippen molar-refractivity contribution >= 4 is 11.6 Å². The number of nitrogens with one attached hydrogen (secondary N) is 1. The molecule has 0 saturated heterocycles. The van der Waals surface area contributed by atoms with Crippen molar-refractivity contribution in [1.82, 2.24) is 4.98 Å². The Bertz CT molecular complexity index is 453. The lowest BCUT2D eigenvalue weighted by molar-refractivity contribution is 0.319. The molecule has 2 rings (SSSR count). The summed E-state index contributed by atoms with van der Waals surface area (Å²) in [6.45, 7) is 2.16. The van der Waals surface area contributed by atoms with Crippen LogP contribution in [0.2, 0.25) is 0 Å². The second-order valence-electron chi connectivity index (χ2n) is 5.21. The Morgan fingerprint density at radius 3 is 2.63 bits per heavy atom. The number of aromatic nitrogens is 1. The molecule has 1 aromatic heterocycles. The van der Waals surface area contributed by atoms with E-state index < -0.39 is 11.6 Å². The van der Waals surface area contributed by atoms with Crippen molar-refractivity contribution < 1.29 is 8.78 Å². The van der Waals surface area contributed by atoms with Crippen LogP contribution in [0, 0.1) is 17.6 Å². The van der Waals surface area contributed by atoms with Gasteiger partial charge in [-0.2, -0.15) is 0 Å². The first-order valence-electron chi connectivity index (χ1n) is 6.60. The van der Waals surface area contributed by atoms with Gasteiger partial charge < -0.3 is 10.3 Å². The summed E-state index contributed by atoms with van der Waals surface area (Å²) in [5.74, 6) is 4.23. The van der Waals surface area contributed by atoms with Crippen molar-refractivity contribution in [1.29, 1.82) is 0 Å². The van der Waals surface area contributed by atoms with Crippen LogP contribution in [0.5, 0.6) is 0 Å². The first-order chi connectivity index (χ1) is 9.04. The lowest BCUT2D eigenvalue weighted by Crippen LogP contribution is -2.40. The lowest BCUT2D eigenvalue weighted by atomic mass is 9.85. The Labute approximate surface area is 112 Å². The number of rotatable bonds is 3. The van der Waals surface area contributed by atoms with Crippen molar-refractivity contribution in [2.24, 2.45) is 11.8 Å². The monoisotopic (exact) mass is 270 g/mol. The molecule has 0 radical (unpaired) electrons. The Balaban J connectivity index is 2.29. The molecular weight excluding hydrogens is 250 g/mol. The largest absolute Gasteiger partial charge is 0.354 e. The SMILES string of the molecule is CC1CCCCC1N(C)c1nc(NN)c(F)cc1F. The van der Waals surface area contributed by atoms with Gasteiger partial charge in [0.25, 0.3) is 0 Å². The summed E-state index contributed by atoms with van der Waals surface area (Å²) in [5, 5.41) is 0. The minimum absolute atomic E-state index is 0.133. The maximum absolute atomic E-state index is 13.9. The van der Waals surface area contributed by atoms with Crippen molar-refractivity contribution in [3.8, 4) is 0 Å². The first-order valence-corrected chi connectivity index (χ1v) is 6.60. The van der Waals surface area contributed by atoms with Crippen molar-refractivity contribution in [2.45, 2.75) is 38.6 Å². The van der Waals surface area contributed by atoms with Gasteiger partial charge >= 0.3 is 0 Å². The molecule has 4 nitrogen and oxygen atoms in total. The number of hydrogen-bond acceptors (Lipinski definition) is 4. The molecule has 6 heteroatoms. The minimum Gasteiger partial charge on any atom is -0.354 e. The Morgan fingerprint density at radius 1 is 1.32 bits per heavy atom. The Kier molecular flexibility index (Phi) is 4.19. The van der Waals surface area contributed by atoms with Gasteiger partial charge in [0.2, 0.25) is 0 Å². The van der Waals surface area contributed by atoms with E-state index >= 15 is 0 Å². The molecule has 1 aromatic rings. The lowest BCUT2D eigenvalue weighted by Gasteiger charge is -2.37. The van der Waals surface area contributed by atoms with E-state index in [-0.39, 0.29) is 17.7 Å². The van der Waals surface area contributed by atoms with Crippen LogP contribution in [0.3, 0.4) is 0 Å². The van der Waals surface area contributed by atoms with Crippen molar-refractivity contribution in [3.63, 3.8) is 0 Å². The van der Waals surface area contributed by atoms with Crippen LogP contribution in [-0.2, 0) is 0 Å². The molecule has 0 spiro atoms. The van der Waals surface area contributed by atoms with Crippen LogP contribution in [0.4, 0.5) is 20.4 Å². The summed E-state index contributed by atoms with van der Waals surface area (Å²) in [5.41, 5.74) is 2.15. The third-order valence-electron chi connectivity index (χ3n) is 3.95. The molecule has 19 heavy (non-hydrogen) atoms. The number of pyridine rings is 1. The molecule has 106 valence electrons. The molecule has 1 saturated carbocycles. The number of nitrogens with zero attached hydrogens (tertiary/aromatic N) is 2. The Morgan fingerprint density at radius 2 is 2.00 bits per heavy atom. The minimum atomic E-state index is -0.783. The quantitative estimate of drug-likeness (QED) is 0.655.